The van der Waals surface area contributed by atoms with Crippen molar-refractivity contribution in [1.29, 1.82) is 5.26 Å². The fraction of sp³-hybridized carbons (Fsp3) is 0.917. The molecule has 80 valence electrons. The van der Waals surface area contributed by atoms with Gasteiger partial charge in [0.2, 0.25) is 0 Å². The van der Waals surface area contributed by atoms with Crippen molar-refractivity contribution in [1.82, 2.24) is 0 Å². The molecule has 0 amide bonds. The monoisotopic (exact) mass is 195 g/mol. The molecule has 0 aliphatic heterocycles. The van der Waals surface area contributed by atoms with E-state index in [1.54, 1.807) is 0 Å². The molecule has 2 heteroatoms. The van der Waals surface area contributed by atoms with Gasteiger partial charge in [0.1, 0.15) is 0 Å². The van der Waals surface area contributed by atoms with E-state index < -0.39 is 11.0 Å². The van der Waals surface area contributed by atoms with Crippen LogP contribution in [0.2, 0.25) is 0 Å². The Hall–Kier alpha value is -0.550. The van der Waals surface area contributed by atoms with Crippen LogP contribution in [0.3, 0.4) is 0 Å². The van der Waals surface area contributed by atoms with Crippen LogP contribution in [-0.4, -0.2) is 10.7 Å². The first kappa shape index (κ1) is 11.5. The molecule has 0 bridgehead atoms. The minimum Gasteiger partial charge on any atom is -0.389 e. The molecule has 0 radical (unpaired) electrons. The summed E-state index contributed by atoms with van der Waals surface area (Å²) in [6.45, 7) is 5.65. The largest absolute Gasteiger partial charge is 0.389 e. The Balaban J connectivity index is 2.66. The molecule has 1 N–H and O–H groups in total. The summed E-state index contributed by atoms with van der Waals surface area (Å²) in [7, 11) is 0. The highest BCUT2D eigenvalue weighted by Crippen LogP contribution is 2.42. The molecule has 0 aromatic heterocycles. The van der Waals surface area contributed by atoms with Crippen molar-refractivity contribution in [2.24, 2.45) is 11.3 Å². The minimum atomic E-state index is -0.832. The Labute approximate surface area is 86.9 Å². The number of nitriles is 1. The maximum absolute atomic E-state index is 10.3. The zero-order valence-electron chi connectivity index (χ0n) is 9.51. The summed E-state index contributed by atoms with van der Waals surface area (Å²) < 4.78 is 0. The molecule has 0 aromatic rings. The first-order valence-electron chi connectivity index (χ1n) is 5.59. The van der Waals surface area contributed by atoms with Crippen LogP contribution in [0.15, 0.2) is 0 Å². The molecule has 1 aliphatic rings. The smallest absolute Gasteiger partial charge is 0.0827 e. The molecule has 1 saturated carbocycles. The summed E-state index contributed by atoms with van der Waals surface area (Å²) in [5.74, 6) is 0.643. The Morgan fingerprint density at radius 2 is 2.00 bits per heavy atom. The molecule has 1 aliphatic carbocycles. The Kier molecular flexibility index (Phi) is 3.21. The average molecular weight is 195 g/mol. The van der Waals surface area contributed by atoms with Crippen LogP contribution in [0.5, 0.6) is 0 Å². The number of rotatable bonds is 4. The van der Waals surface area contributed by atoms with Crippen LogP contribution in [0.1, 0.15) is 52.9 Å². The second-order valence-electron chi connectivity index (χ2n) is 5.07. The zero-order valence-corrected chi connectivity index (χ0v) is 9.51. The van der Waals surface area contributed by atoms with E-state index in [2.05, 4.69) is 6.07 Å². The van der Waals surface area contributed by atoms with Gasteiger partial charge in [0.15, 0.2) is 0 Å². The lowest BCUT2D eigenvalue weighted by Gasteiger charge is -2.41. The highest BCUT2D eigenvalue weighted by molar-refractivity contribution is 5.07. The molecule has 0 heterocycles. The molecule has 2 unspecified atom stereocenters. The Morgan fingerprint density at radius 3 is 2.29 bits per heavy atom. The van der Waals surface area contributed by atoms with E-state index in [1.807, 2.05) is 20.8 Å². The Morgan fingerprint density at radius 1 is 1.43 bits per heavy atom. The van der Waals surface area contributed by atoms with Gasteiger partial charge in [0, 0.05) is 0 Å². The lowest BCUT2D eigenvalue weighted by molar-refractivity contribution is -0.0593. The van der Waals surface area contributed by atoms with Crippen LogP contribution < -0.4 is 0 Å². The van der Waals surface area contributed by atoms with Crippen molar-refractivity contribution >= 4 is 0 Å². The lowest BCUT2D eigenvalue weighted by Crippen LogP contribution is -2.45. The van der Waals surface area contributed by atoms with Gasteiger partial charge < -0.3 is 5.11 Å². The van der Waals surface area contributed by atoms with Crippen molar-refractivity contribution in [2.45, 2.75) is 58.5 Å². The van der Waals surface area contributed by atoms with E-state index in [-0.39, 0.29) is 0 Å². The van der Waals surface area contributed by atoms with E-state index in [4.69, 9.17) is 5.26 Å². The zero-order chi connectivity index (χ0) is 10.8. The van der Waals surface area contributed by atoms with Crippen LogP contribution in [0, 0.1) is 22.7 Å². The van der Waals surface area contributed by atoms with Crippen LogP contribution >= 0.6 is 0 Å². The van der Waals surface area contributed by atoms with Gasteiger partial charge >= 0.3 is 0 Å². The van der Waals surface area contributed by atoms with E-state index in [0.29, 0.717) is 12.3 Å². The lowest BCUT2D eigenvalue weighted by atomic mass is 9.66. The molecule has 2 nitrogen and oxygen atoms in total. The molecule has 1 fully saturated rings. The van der Waals surface area contributed by atoms with Crippen molar-refractivity contribution in [3.8, 4) is 6.07 Å². The molecular formula is C12H21NO. The second kappa shape index (κ2) is 3.90. The summed E-state index contributed by atoms with van der Waals surface area (Å²) in [5.41, 5.74) is -1.43. The quantitative estimate of drug-likeness (QED) is 0.749. The van der Waals surface area contributed by atoms with E-state index in [9.17, 15) is 5.11 Å². The van der Waals surface area contributed by atoms with Gasteiger partial charge in [-0.1, -0.05) is 26.2 Å². The summed E-state index contributed by atoms with van der Waals surface area (Å²) in [6, 6.07) is 2.27. The first-order chi connectivity index (χ1) is 6.45. The maximum Gasteiger partial charge on any atom is 0.0827 e. The van der Waals surface area contributed by atoms with Crippen molar-refractivity contribution in [3.05, 3.63) is 0 Å². The van der Waals surface area contributed by atoms with Gasteiger partial charge in [-0.3, -0.25) is 0 Å². The number of hydrogen-bond donors (Lipinski definition) is 1. The van der Waals surface area contributed by atoms with Gasteiger partial charge in [-0.2, -0.15) is 5.26 Å². The molecular weight excluding hydrogens is 174 g/mol. The van der Waals surface area contributed by atoms with E-state index in [1.165, 1.54) is 19.3 Å². The van der Waals surface area contributed by atoms with E-state index >= 15 is 0 Å². The normalized spacial score (nSPS) is 25.6. The van der Waals surface area contributed by atoms with Crippen LogP contribution in [0.25, 0.3) is 0 Å². The third-order valence-electron chi connectivity index (χ3n) is 4.05. The highest BCUT2D eigenvalue weighted by Gasteiger charge is 2.44. The predicted molar refractivity (Wildman–Crippen MR) is 56.6 cm³/mol. The molecule has 1 rings (SSSR count). The van der Waals surface area contributed by atoms with Crippen molar-refractivity contribution < 1.29 is 5.11 Å². The van der Waals surface area contributed by atoms with Crippen LogP contribution in [-0.2, 0) is 0 Å². The van der Waals surface area contributed by atoms with Crippen molar-refractivity contribution in [3.63, 3.8) is 0 Å². The second-order valence-corrected chi connectivity index (χ2v) is 5.07. The summed E-state index contributed by atoms with van der Waals surface area (Å²) in [4.78, 5) is 0. The maximum atomic E-state index is 10.3. The number of hydrogen-bond acceptors (Lipinski definition) is 2. The van der Waals surface area contributed by atoms with Crippen molar-refractivity contribution in [2.75, 3.05) is 0 Å². The third-order valence-corrected chi connectivity index (χ3v) is 4.05. The first-order valence-corrected chi connectivity index (χ1v) is 5.59. The average Bonchev–Trinajstić information content (AvgIpc) is 2.10. The number of aliphatic hydroxyl groups is 1. The molecule has 14 heavy (non-hydrogen) atoms. The molecule has 0 spiro atoms. The summed E-state index contributed by atoms with van der Waals surface area (Å²) in [5, 5.41) is 19.5. The standard InChI is InChI=1S/C12H21NO/c1-4-11(2,9-13)12(3,14)8-10-6-5-7-10/h10,14H,4-8H2,1-3H3. The molecule has 0 saturated heterocycles. The van der Waals surface area contributed by atoms with Gasteiger partial charge in [-0.15, -0.1) is 0 Å². The Bertz CT molecular complexity index is 237. The van der Waals surface area contributed by atoms with Gasteiger partial charge in [-0.05, 0) is 32.6 Å². The van der Waals surface area contributed by atoms with E-state index in [0.717, 1.165) is 6.42 Å². The number of nitrogens with zero attached hydrogens (tertiary/aromatic N) is 1. The SMILES string of the molecule is CCC(C)(C#N)C(C)(O)CC1CCC1. The fourth-order valence-electron chi connectivity index (χ4n) is 2.06. The molecule has 0 aromatic carbocycles. The summed E-state index contributed by atoms with van der Waals surface area (Å²) in [6.07, 6.45) is 5.23. The fourth-order valence-corrected chi connectivity index (χ4v) is 2.06. The van der Waals surface area contributed by atoms with Gasteiger partial charge in [0.05, 0.1) is 17.1 Å². The topological polar surface area (TPSA) is 44.0 Å². The highest BCUT2D eigenvalue weighted by atomic mass is 16.3. The third kappa shape index (κ3) is 1.93. The summed E-state index contributed by atoms with van der Waals surface area (Å²) >= 11 is 0. The minimum absolute atomic E-state index is 0.595. The van der Waals surface area contributed by atoms with Gasteiger partial charge in [0.25, 0.3) is 0 Å². The molecule has 2 atom stereocenters. The predicted octanol–water partition coefficient (Wildman–Crippen LogP) is 2.87. The van der Waals surface area contributed by atoms with Crippen LogP contribution in [0.4, 0.5) is 0 Å². The van der Waals surface area contributed by atoms with Gasteiger partial charge in [-0.25, -0.2) is 0 Å².